The molecular formula is C25H15B7F12. The molecule has 0 aliphatic heterocycles. The summed E-state index contributed by atoms with van der Waals surface area (Å²) in [5.41, 5.74) is -17.7. The van der Waals surface area contributed by atoms with E-state index < -0.39 is 130 Å². The summed E-state index contributed by atoms with van der Waals surface area (Å²) in [7, 11) is 5.71. The summed E-state index contributed by atoms with van der Waals surface area (Å²) in [5.74, 6) is -26.2. The summed E-state index contributed by atoms with van der Waals surface area (Å²) in [6.07, 6.45) is 0. The van der Waals surface area contributed by atoms with Gasteiger partial charge in [-0.1, -0.05) is 21.9 Å². The van der Waals surface area contributed by atoms with E-state index in [0.717, 1.165) is 31.4 Å². The molecule has 0 aliphatic carbocycles. The molecule has 0 N–H and O–H groups in total. The monoisotopic (exact) mass is 620 g/mol. The molecule has 0 aliphatic rings. The summed E-state index contributed by atoms with van der Waals surface area (Å²) in [6, 6.07) is 0.523. The Kier molecular flexibility index (Phi) is 8.45. The van der Waals surface area contributed by atoms with Crippen molar-refractivity contribution in [3.63, 3.8) is 0 Å². The highest BCUT2D eigenvalue weighted by Crippen LogP contribution is 2.50. The second-order valence-corrected chi connectivity index (χ2v) is 10.6. The van der Waals surface area contributed by atoms with Gasteiger partial charge >= 0.3 is 0 Å². The number of halogens is 12. The third kappa shape index (κ3) is 4.28. The van der Waals surface area contributed by atoms with Crippen LogP contribution in [0.4, 0.5) is 52.7 Å². The van der Waals surface area contributed by atoms with Gasteiger partial charge in [-0.15, -0.1) is 0 Å². The molecule has 0 radical (unpaired) electrons. The van der Waals surface area contributed by atoms with E-state index in [4.69, 9.17) is 0 Å². The molecule has 0 heterocycles. The molecule has 0 nitrogen and oxygen atoms in total. The van der Waals surface area contributed by atoms with Crippen LogP contribution in [0.15, 0.2) is 6.07 Å². The molecule has 0 bridgehead atoms. The van der Waals surface area contributed by atoms with Crippen LogP contribution in [0.25, 0.3) is 0 Å². The van der Waals surface area contributed by atoms with Crippen molar-refractivity contribution in [1.29, 1.82) is 0 Å². The Labute approximate surface area is 249 Å². The average Bonchev–Trinajstić information content (AvgIpc) is 2.98. The highest BCUT2D eigenvalue weighted by Gasteiger charge is 2.54. The second-order valence-electron chi connectivity index (χ2n) is 10.6. The van der Waals surface area contributed by atoms with Gasteiger partial charge in [0.2, 0.25) is 0 Å². The molecule has 0 fully saturated rings. The van der Waals surface area contributed by atoms with Crippen LogP contribution in [-0.2, 0) is 5.41 Å². The first kappa shape index (κ1) is 33.4. The lowest BCUT2D eigenvalue weighted by molar-refractivity contribution is 0.394. The lowest BCUT2D eigenvalue weighted by atomic mass is 9.55. The largest absolute Gasteiger partial charge is 0.208 e. The fourth-order valence-electron chi connectivity index (χ4n) is 5.70. The molecule has 0 spiro atoms. The van der Waals surface area contributed by atoms with Crippen LogP contribution in [0, 0.1) is 69.8 Å². The fraction of sp³-hybridized carbons (Fsp3) is 0.0400. The van der Waals surface area contributed by atoms with Crippen molar-refractivity contribution in [3.05, 3.63) is 98.1 Å². The van der Waals surface area contributed by atoms with Crippen LogP contribution in [-0.4, -0.2) is 54.9 Å². The Bertz CT molecular complexity index is 1650. The van der Waals surface area contributed by atoms with Gasteiger partial charge in [0.1, 0.15) is 66.6 Å². The van der Waals surface area contributed by atoms with Crippen LogP contribution in [0.2, 0.25) is 0 Å². The van der Waals surface area contributed by atoms with Crippen molar-refractivity contribution >= 4 is 93.2 Å². The third-order valence-corrected chi connectivity index (χ3v) is 8.35. The maximum absolute atomic E-state index is 16.6. The Morgan fingerprint density at radius 1 is 0.318 bits per heavy atom. The Hall–Kier alpha value is -3.51. The first-order valence-corrected chi connectivity index (χ1v) is 12.8. The molecule has 0 amide bonds. The Balaban J connectivity index is 2.68. The molecule has 19 heteroatoms. The van der Waals surface area contributed by atoms with E-state index in [0.29, 0.717) is 29.6 Å². The molecule has 4 aromatic carbocycles. The molecule has 0 atom stereocenters. The summed E-state index contributed by atoms with van der Waals surface area (Å²) < 4.78 is 189. The molecule has 4 aromatic rings. The highest BCUT2D eigenvalue weighted by atomic mass is 19.2. The number of rotatable bonds is 4. The lowest BCUT2D eigenvalue weighted by Gasteiger charge is -2.41. The van der Waals surface area contributed by atoms with E-state index in [1.54, 1.807) is 0 Å². The Morgan fingerprint density at radius 2 is 0.659 bits per heavy atom. The van der Waals surface area contributed by atoms with Crippen molar-refractivity contribution in [2.75, 3.05) is 0 Å². The number of hydrogen-bond acceptors (Lipinski definition) is 0. The molecule has 0 aromatic heterocycles. The third-order valence-electron chi connectivity index (χ3n) is 8.35. The zero-order chi connectivity index (χ0) is 33.5. The van der Waals surface area contributed by atoms with Crippen LogP contribution in [0.5, 0.6) is 0 Å². The van der Waals surface area contributed by atoms with Gasteiger partial charge in [-0.3, -0.25) is 0 Å². The topological polar surface area (TPSA) is 0 Å². The first-order chi connectivity index (χ1) is 20.3. The smallest absolute Gasteiger partial charge is 0.166 e. The predicted octanol–water partition coefficient (Wildman–Crippen LogP) is -4.45. The molecular weight excluding hydrogens is 604 g/mol. The molecule has 4 rings (SSSR count). The average molecular weight is 619 g/mol. The van der Waals surface area contributed by atoms with E-state index in [1.807, 2.05) is 0 Å². The number of hydrogen-bond donors (Lipinski definition) is 0. The SMILES string of the molecule is Bc1cc(F)c(F)c(C(c2c(B)c(F)c(B)c(B)c2F)(c2c(F)c(F)c(B)c(F)c2F)c2c(F)c(F)c(B)c(F)c2F)c1B. The zero-order valence-corrected chi connectivity index (χ0v) is 24.1. The summed E-state index contributed by atoms with van der Waals surface area (Å²) in [5, 5.41) is 0. The van der Waals surface area contributed by atoms with Gasteiger partial charge in [0.25, 0.3) is 0 Å². The standard InChI is InChI=1S/C25H15B7F12/c26-2-1-3(33)14(34)4(8(2)27)25(5-9(28)20(40)11(30)10(29)15(5)35,6-16(36)21(41)12(31)22(42)17(6)37)7-18(38)23(43)13(32)24(44)19(7)39/h1H,26-32H2. The van der Waals surface area contributed by atoms with Gasteiger partial charge in [0.15, 0.2) is 58.2 Å². The highest BCUT2D eigenvalue weighted by molar-refractivity contribution is 6.51. The van der Waals surface area contributed by atoms with Crippen molar-refractivity contribution in [2.45, 2.75) is 5.41 Å². The summed E-state index contributed by atoms with van der Waals surface area (Å²) in [6.45, 7) is 0. The molecule has 44 heavy (non-hydrogen) atoms. The molecule has 0 unspecified atom stereocenters. The molecule has 0 saturated carbocycles. The van der Waals surface area contributed by atoms with Gasteiger partial charge in [-0.2, -0.15) is 0 Å². The van der Waals surface area contributed by atoms with E-state index in [-0.39, 0.29) is 5.46 Å². The van der Waals surface area contributed by atoms with Gasteiger partial charge in [-0.05, 0) is 22.5 Å². The van der Waals surface area contributed by atoms with Crippen LogP contribution < -0.4 is 38.2 Å². The normalized spacial score (nSPS) is 11.8. The zero-order valence-electron chi connectivity index (χ0n) is 24.1. The van der Waals surface area contributed by atoms with Crippen molar-refractivity contribution in [2.24, 2.45) is 0 Å². The van der Waals surface area contributed by atoms with Gasteiger partial charge < -0.3 is 0 Å². The predicted molar refractivity (Wildman–Crippen MR) is 161 cm³/mol. The number of benzene rings is 4. The first-order valence-electron chi connectivity index (χ1n) is 12.8. The maximum atomic E-state index is 16.6. The van der Waals surface area contributed by atoms with E-state index in [9.17, 15) is 0 Å². The van der Waals surface area contributed by atoms with E-state index in [2.05, 4.69) is 0 Å². The summed E-state index contributed by atoms with van der Waals surface area (Å²) in [4.78, 5) is 0. The van der Waals surface area contributed by atoms with E-state index in [1.165, 1.54) is 0 Å². The fourth-order valence-corrected chi connectivity index (χ4v) is 5.70. The second kappa shape index (κ2) is 11.1. The van der Waals surface area contributed by atoms with E-state index >= 15 is 52.7 Å². The maximum Gasteiger partial charge on any atom is 0.166 e. The van der Waals surface area contributed by atoms with Crippen molar-refractivity contribution in [1.82, 2.24) is 0 Å². The van der Waals surface area contributed by atoms with Crippen LogP contribution >= 0.6 is 0 Å². The van der Waals surface area contributed by atoms with Crippen molar-refractivity contribution in [3.8, 4) is 0 Å². The summed E-state index contributed by atoms with van der Waals surface area (Å²) >= 11 is 0. The molecule has 220 valence electrons. The molecule has 0 saturated heterocycles. The quantitative estimate of drug-likeness (QED) is 0.0938. The van der Waals surface area contributed by atoms with Gasteiger partial charge in [-0.25, -0.2) is 52.7 Å². The minimum absolute atomic E-state index is 0.326. The van der Waals surface area contributed by atoms with Gasteiger partial charge in [0, 0.05) is 22.3 Å². The van der Waals surface area contributed by atoms with Crippen molar-refractivity contribution < 1.29 is 52.7 Å². The Morgan fingerprint density at radius 3 is 1.05 bits per heavy atom. The van der Waals surface area contributed by atoms with Crippen LogP contribution in [0.3, 0.4) is 0 Å². The van der Waals surface area contributed by atoms with Crippen LogP contribution in [0.1, 0.15) is 22.3 Å². The minimum Gasteiger partial charge on any atom is -0.208 e. The lowest BCUT2D eigenvalue weighted by Crippen LogP contribution is -2.52. The van der Waals surface area contributed by atoms with Gasteiger partial charge in [0.05, 0.1) is 5.41 Å². The minimum atomic E-state index is -4.19.